The van der Waals surface area contributed by atoms with E-state index < -0.39 is 5.97 Å². The number of carboxylic acids is 1. The normalized spacial score (nSPS) is 13.5. The summed E-state index contributed by atoms with van der Waals surface area (Å²) in [4.78, 5) is 13.0. The number of aryl methyl sites for hydroxylation is 1. The third-order valence-electron chi connectivity index (χ3n) is 3.39. The Morgan fingerprint density at radius 1 is 1.26 bits per heavy atom. The van der Waals surface area contributed by atoms with Crippen LogP contribution in [0.1, 0.15) is 39.7 Å². The zero-order valence-electron chi connectivity index (χ0n) is 12.4. The molecule has 0 spiro atoms. The van der Waals surface area contributed by atoms with Crippen LogP contribution >= 0.6 is 0 Å². The molecule has 1 aromatic rings. The molecule has 0 saturated carbocycles. The number of hydrogen-bond acceptors (Lipinski definition) is 2. The Hall–Kier alpha value is -1.35. The topological polar surface area (TPSA) is 40.5 Å². The van der Waals surface area contributed by atoms with Gasteiger partial charge in [-0.15, -0.1) is 0 Å². The quantitative estimate of drug-likeness (QED) is 0.857. The van der Waals surface area contributed by atoms with Crippen LogP contribution in [0.4, 0.5) is 0 Å². The van der Waals surface area contributed by atoms with Gasteiger partial charge in [0.1, 0.15) is 0 Å². The highest BCUT2D eigenvalue weighted by Gasteiger charge is 2.27. The molecule has 3 heteroatoms. The lowest BCUT2D eigenvalue weighted by molar-refractivity contribution is -0.140. The summed E-state index contributed by atoms with van der Waals surface area (Å²) < 4.78 is 0. The molecule has 0 bridgehead atoms. The first-order valence-electron chi connectivity index (χ1n) is 6.83. The minimum Gasteiger partial charge on any atom is -0.480 e. The second-order valence-corrected chi connectivity index (χ2v) is 6.07. The van der Waals surface area contributed by atoms with E-state index in [4.69, 9.17) is 5.11 Å². The Kier molecular flexibility index (Phi) is 5.55. The summed E-state index contributed by atoms with van der Waals surface area (Å²) in [6, 6.07) is 10.6. The van der Waals surface area contributed by atoms with Crippen molar-refractivity contribution < 1.29 is 9.90 Å². The van der Waals surface area contributed by atoms with E-state index in [0.29, 0.717) is 0 Å². The number of carboxylic acid groups (broad SMARTS) is 1. The van der Waals surface area contributed by atoms with Gasteiger partial charge in [-0.05, 0) is 46.1 Å². The molecule has 0 amide bonds. The first-order chi connectivity index (χ1) is 8.80. The van der Waals surface area contributed by atoms with Gasteiger partial charge in [0.2, 0.25) is 0 Å². The smallest absolute Gasteiger partial charge is 0.317 e. The molecule has 0 aliphatic rings. The molecule has 0 radical (unpaired) electrons. The maximum atomic E-state index is 11.0. The summed E-state index contributed by atoms with van der Waals surface area (Å²) in [6.45, 7) is 8.40. The number of carbonyl (C=O) groups is 1. The first kappa shape index (κ1) is 15.7. The van der Waals surface area contributed by atoms with Crippen LogP contribution in [0, 0.1) is 0 Å². The fourth-order valence-electron chi connectivity index (χ4n) is 2.38. The van der Waals surface area contributed by atoms with Gasteiger partial charge in [0, 0.05) is 11.6 Å². The fourth-order valence-corrected chi connectivity index (χ4v) is 2.38. The van der Waals surface area contributed by atoms with Crippen molar-refractivity contribution in [3.8, 4) is 0 Å². The van der Waals surface area contributed by atoms with Crippen molar-refractivity contribution >= 4 is 5.97 Å². The molecule has 1 aromatic carbocycles. The molecule has 0 aliphatic heterocycles. The van der Waals surface area contributed by atoms with Gasteiger partial charge in [0.25, 0.3) is 0 Å². The van der Waals surface area contributed by atoms with E-state index >= 15 is 0 Å². The summed E-state index contributed by atoms with van der Waals surface area (Å²) >= 11 is 0. The van der Waals surface area contributed by atoms with Crippen LogP contribution in [0.2, 0.25) is 0 Å². The minimum atomic E-state index is -0.763. The highest BCUT2D eigenvalue weighted by molar-refractivity contribution is 5.69. The zero-order valence-corrected chi connectivity index (χ0v) is 12.4. The molecule has 1 unspecified atom stereocenters. The Bertz CT molecular complexity index is 395. The van der Waals surface area contributed by atoms with Crippen molar-refractivity contribution in [1.29, 1.82) is 0 Å². The van der Waals surface area contributed by atoms with Crippen molar-refractivity contribution in [3.05, 3.63) is 35.9 Å². The average Bonchev–Trinajstić information content (AvgIpc) is 2.33. The van der Waals surface area contributed by atoms with Crippen LogP contribution in [0.5, 0.6) is 0 Å². The molecular weight excluding hydrogens is 238 g/mol. The van der Waals surface area contributed by atoms with Gasteiger partial charge in [0.15, 0.2) is 0 Å². The van der Waals surface area contributed by atoms with Crippen molar-refractivity contribution in [2.45, 2.75) is 52.1 Å². The third-order valence-corrected chi connectivity index (χ3v) is 3.39. The molecule has 1 N–H and O–H groups in total. The lowest BCUT2D eigenvalue weighted by Crippen LogP contribution is -2.49. The van der Waals surface area contributed by atoms with Gasteiger partial charge < -0.3 is 5.11 Å². The summed E-state index contributed by atoms with van der Waals surface area (Å²) in [5.41, 5.74) is 1.17. The van der Waals surface area contributed by atoms with Gasteiger partial charge in [0.05, 0.1) is 6.54 Å². The fraction of sp³-hybridized carbons (Fsp3) is 0.562. The largest absolute Gasteiger partial charge is 0.480 e. The molecule has 3 nitrogen and oxygen atoms in total. The number of nitrogens with zero attached hydrogens (tertiary/aromatic N) is 1. The average molecular weight is 263 g/mol. The van der Waals surface area contributed by atoms with Gasteiger partial charge >= 0.3 is 5.97 Å². The van der Waals surface area contributed by atoms with E-state index in [1.54, 1.807) is 0 Å². The van der Waals surface area contributed by atoms with Crippen LogP contribution in [-0.2, 0) is 11.2 Å². The monoisotopic (exact) mass is 263 g/mol. The van der Waals surface area contributed by atoms with Crippen LogP contribution in [0.25, 0.3) is 0 Å². The summed E-state index contributed by atoms with van der Waals surface area (Å²) in [5.74, 6) is -0.763. The molecule has 0 heterocycles. The third kappa shape index (κ3) is 5.43. The van der Waals surface area contributed by atoms with E-state index in [0.717, 1.165) is 12.8 Å². The van der Waals surface area contributed by atoms with Crippen LogP contribution in [0.3, 0.4) is 0 Å². The van der Waals surface area contributed by atoms with Crippen molar-refractivity contribution in [2.24, 2.45) is 0 Å². The molecule has 1 rings (SSSR count). The standard InChI is InChI=1S/C16H25NO2/c1-13(10-11-14-8-6-5-7-9-14)17(12-15(18)19)16(2,3)4/h5-9,13H,10-12H2,1-4H3,(H,18,19). The lowest BCUT2D eigenvalue weighted by Gasteiger charge is -2.39. The van der Waals surface area contributed by atoms with Crippen LogP contribution < -0.4 is 0 Å². The highest BCUT2D eigenvalue weighted by Crippen LogP contribution is 2.19. The van der Waals surface area contributed by atoms with Crippen molar-refractivity contribution in [2.75, 3.05) is 6.54 Å². The molecule has 106 valence electrons. The zero-order chi connectivity index (χ0) is 14.5. The maximum absolute atomic E-state index is 11.0. The highest BCUT2D eigenvalue weighted by atomic mass is 16.4. The number of hydrogen-bond donors (Lipinski definition) is 1. The Morgan fingerprint density at radius 3 is 2.32 bits per heavy atom. The predicted molar refractivity (Wildman–Crippen MR) is 78.3 cm³/mol. The van der Waals surface area contributed by atoms with E-state index in [1.165, 1.54) is 5.56 Å². The van der Waals surface area contributed by atoms with Gasteiger partial charge in [-0.3, -0.25) is 9.69 Å². The van der Waals surface area contributed by atoms with Gasteiger partial charge in [-0.1, -0.05) is 30.3 Å². The second-order valence-electron chi connectivity index (χ2n) is 6.07. The lowest BCUT2D eigenvalue weighted by atomic mass is 9.99. The molecule has 1 atom stereocenters. The molecule has 19 heavy (non-hydrogen) atoms. The van der Waals surface area contributed by atoms with Crippen molar-refractivity contribution in [3.63, 3.8) is 0 Å². The van der Waals surface area contributed by atoms with E-state index in [2.05, 4.69) is 44.7 Å². The van der Waals surface area contributed by atoms with E-state index in [1.807, 2.05) is 18.2 Å². The number of aliphatic carboxylic acids is 1. The Balaban J connectivity index is 2.62. The van der Waals surface area contributed by atoms with E-state index in [9.17, 15) is 4.79 Å². The Labute approximate surface area is 116 Å². The Morgan fingerprint density at radius 2 is 1.84 bits per heavy atom. The molecule has 0 saturated heterocycles. The summed E-state index contributed by atoms with van der Waals surface area (Å²) in [6.07, 6.45) is 1.95. The van der Waals surface area contributed by atoms with Gasteiger partial charge in [-0.25, -0.2) is 0 Å². The number of rotatable bonds is 6. The van der Waals surface area contributed by atoms with Crippen LogP contribution in [-0.4, -0.2) is 34.1 Å². The number of benzene rings is 1. The molecule has 0 fully saturated rings. The summed E-state index contributed by atoms with van der Waals surface area (Å²) in [7, 11) is 0. The van der Waals surface area contributed by atoms with Gasteiger partial charge in [-0.2, -0.15) is 0 Å². The predicted octanol–water partition coefficient (Wildman–Crippen LogP) is 3.19. The second kappa shape index (κ2) is 6.71. The molecule has 0 aliphatic carbocycles. The van der Waals surface area contributed by atoms with Crippen LogP contribution in [0.15, 0.2) is 30.3 Å². The minimum absolute atomic E-state index is 0.0967. The van der Waals surface area contributed by atoms with Crippen molar-refractivity contribution in [1.82, 2.24) is 4.90 Å². The molecular formula is C16H25NO2. The molecule has 0 aromatic heterocycles. The maximum Gasteiger partial charge on any atom is 0.317 e. The SMILES string of the molecule is CC(CCc1ccccc1)N(CC(=O)O)C(C)(C)C. The first-order valence-corrected chi connectivity index (χ1v) is 6.83. The summed E-state index contributed by atoms with van der Waals surface area (Å²) in [5, 5.41) is 9.04. The van der Waals surface area contributed by atoms with E-state index in [-0.39, 0.29) is 18.1 Å².